The molecule has 3 amide bonds. The third-order valence-electron chi connectivity index (χ3n) is 1.96. The molecule has 1 rings (SSSR count). The predicted molar refractivity (Wildman–Crippen MR) is 66.6 cm³/mol. The Kier molecular flexibility index (Phi) is 5.38. The highest BCUT2D eigenvalue weighted by molar-refractivity contribution is 6.29. The van der Waals surface area contributed by atoms with E-state index in [4.69, 9.17) is 16.3 Å². The van der Waals surface area contributed by atoms with Gasteiger partial charge in [0.15, 0.2) is 6.10 Å². The first kappa shape index (κ1) is 14.2. The van der Waals surface area contributed by atoms with Gasteiger partial charge in [-0.2, -0.15) is 0 Å². The number of carbonyl (C=O) groups excluding carboxylic acids is 2. The molecule has 0 saturated heterocycles. The van der Waals surface area contributed by atoms with Crippen LogP contribution in [0.4, 0.5) is 4.79 Å². The van der Waals surface area contributed by atoms with Crippen LogP contribution in [0.25, 0.3) is 0 Å². The van der Waals surface area contributed by atoms with E-state index < -0.39 is 18.0 Å². The molecule has 7 heteroatoms. The molecule has 1 heterocycles. The van der Waals surface area contributed by atoms with E-state index in [-0.39, 0.29) is 0 Å². The van der Waals surface area contributed by atoms with Gasteiger partial charge in [0, 0.05) is 6.54 Å². The summed E-state index contributed by atoms with van der Waals surface area (Å²) >= 11 is 5.62. The van der Waals surface area contributed by atoms with Gasteiger partial charge in [-0.25, -0.2) is 9.78 Å². The van der Waals surface area contributed by atoms with Crippen LogP contribution in [0.15, 0.2) is 18.3 Å². The number of hydrogen-bond donors (Lipinski definition) is 2. The van der Waals surface area contributed by atoms with Crippen molar-refractivity contribution in [3.05, 3.63) is 23.5 Å². The SMILES string of the molecule is CCNC(=O)NC(=O)C(C)Oc1ccc(Cl)nc1. The van der Waals surface area contributed by atoms with Crippen LogP contribution in [0, 0.1) is 0 Å². The fourth-order valence-corrected chi connectivity index (χ4v) is 1.22. The summed E-state index contributed by atoms with van der Waals surface area (Å²) in [5.41, 5.74) is 0. The number of pyridine rings is 1. The summed E-state index contributed by atoms with van der Waals surface area (Å²) in [6.45, 7) is 3.72. The average Bonchev–Trinajstić information content (AvgIpc) is 2.32. The highest BCUT2D eigenvalue weighted by Crippen LogP contribution is 2.13. The predicted octanol–water partition coefficient (Wildman–Crippen LogP) is 1.35. The minimum absolute atomic E-state index is 0.335. The van der Waals surface area contributed by atoms with Crippen LogP contribution in [0.5, 0.6) is 5.75 Å². The summed E-state index contributed by atoms with van der Waals surface area (Å²) in [7, 11) is 0. The fraction of sp³-hybridized carbons (Fsp3) is 0.364. The molecule has 98 valence electrons. The van der Waals surface area contributed by atoms with Crippen molar-refractivity contribution in [2.45, 2.75) is 20.0 Å². The van der Waals surface area contributed by atoms with Crippen molar-refractivity contribution in [3.63, 3.8) is 0 Å². The standard InChI is InChI=1S/C11H14ClN3O3/c1-3-13-11(17)15-10(16)7(2)18-8-4-5-9(12)14-6-8/h4-7H,3H2,1-2H3,(H2,13,15,16,17). The van der Waals surface area contributed by atoms with Gasteiger partial charge in [0.05, 0.1) is 6.20 Å². The summed E-state index contributed by atoms with van der Waals surface area (Å²) in [6.07, 6.45) is 0.591. The molecule has 0 aliphatic rings. The average molecular weight is 272 g/mol. The van der Waals surface area contributed by atoms with E-state index in [0.29, 0.717) is 17.4 Å². The second-order valence-corrected chi connectivity index (χ2v) is 3.81. The molecule has 0 fully saturated rings. The van der Waals surface area contributed by atoms with Gasteiger partial charge in [-0.3, -0.25) is 10.1 Å². The number of rotatable bonds is 4. The summed E-state index contributed by atoms with van der Waals surface area (Å²) in [5, 5.41) is 4.93. The number of amides is 3. The van der Waals surface area contributed by atoms with E-state index in [0.717, 1.165) is 0 Å². The number of halogens is 1. The van der Waals surface area contributed by atoms with Gasteiger partial charge >= 0.3 is 6.03 Å². The molecule has 1 aromatic heterocycles. The summed E-state index contributed by atoms with van der Waals surface area (Å²) in [6, 6.07) is 2.59. The Morgan fingerprint density at radius 1 is 1.50 bits per heavy atom. The van der Waals surface area contributed by atoms with Gasteiger partial charge in [-0.05, 0) is 26.0 Å². The maximum atomic E-state index is 11.6. The lowest BCUT2D eigenvalue weighted by Crippen LogP contribution is -2.45. The summed E-state index contributed by atoms with van der Waals surface area (Å²) in [4.78, 5) is 26.5. The number of ether oxygens (including phenoxy) is 1. The number of imide groups is 1. The van der Waals surface area contributed by atoms with E-state index in [1.165, 1.54) is 13.1 Å². The second-order valence-electron chi connectivity index (χ2n) is 3.43. The maximum Gasteiger partial charge on any atom is 0.321 e. The minimum Gasteiger partial charge on any atom is -0.479 e. The van der Waals surface area contributed by atoms with Crippen molar-refractivity contribution in [2.75, 3.05) is 6.54 Å². The fourth-order valence-electron chi connectivity index (χ4n) is 1.11. The quantitative estimate of drug-likeness (QED) is 0.810. The zero-order valence-electron chi connectivity index (χ0n) is 10.1. The summed E-state index contributed by atoms with van der Waals surface area (Å²) in [5.74, 6) is -0.131. The normalized spacial score (nSPS) is 11.5. The van der Waals surface area contributed by atoms with Crippen molar-refractivity contribution in [1.82, 2.24) is 15.6 Å². The van der Waals surface area contributed by atoms with Gasteiger partial charge in [0.1, 0.15) is 10.9 Å². The van der Waals surface area contributed by atoms with E-state index in [1.54, 1.807) is 19.1 Å². The first-order chi connectivity index (χ1) is 8.52. The molecule has 1 aromatic rings. The molecule has 0 saturated carbocycles. The Balaban J connectivity index is 2.49. The Morgan fingerprint density at radius 3 is 2.78 bits per heavy atom. The monoisotopic (exact) mass is 271 g/mol. The third kappa shape index (κ3) is 4.58. The van der Waals surface area contributed by atoms with Gasteiger partial charge in [-0.15, -0.1) is 0 Å². The maximum absolute atomic E-state index is 11.6. The minimum atomic E-state index is -0.810. The molecular weight excluding hydrogens is 258 g/mol. The highest BCUT2D eigenvalue weighted by atomic mass is 35.5. The van der Waals surface area contributed by atoms with Crippen LogP contribution >= 0.6 is 11.6 Å². The number of urea groups is 1. The molecular formula is C11H14ClN3O3. The van der Waals surface area contributed by atoms with E-state index in [9.17, 15) is 9.59 Å². The lowest BCUT2D eigenvalue weighted by Gasteiger charge is -2.13. The third-order valence-corrected chi connectivity index (χ3v) is 2.18. The first-order valence-corrected chi connectivity index (χ1v) is 5.77. The molecule has 2 N–H and O–H groups in total. The van der Waals surface area contributed by atoms with E-state index in [2.05, 4.69) is 15.6 Å². The molecule has 0 aromatic carbocycles. The van der Waals surface area contributed by atoms with Crippen LogP contribution in [0.2, 0.25) is 5.15 Å². The molecule has 0 radical (unpaired) electrons. The van der Waals surface area contributed by atoms with Crippen molar-refractivity contribution >= 4 is 23.5 Å². The van der Waals surface area contributed by atoms with Crippen LogP contribution in [-0.2, 0) is 4.79 Å². The molecule has 0 aliphatic heterocycles. The molecule has 0 aliphatic carbocycles. The van der Waals surface area contributed by atoms with Crippen LogP contribution in [0.3, 0.4) is 0 Å². The van der Waals surface area contributed by atoms with Crippen molar-refractivity contribution in [2.24, 2.45) is 0 Å². The molecule has 0 bridgehead atoms. The van der Waals surface area contributed by atoms with Crippen molar-refractivity contribution < 1.29 is 14.3 Å². The Morgan fingerprint density at radius 2 is 2.22 bits per heavy atom. The van der Waals surface area contributed by atoms with Gasteiger partial charge < -0.3 is 10.1 Å². The number of carbonyl (C=O) groups is 2. The van der Waals surface area contributed by atoms with Crippen LogP contribution in [-0.4, -0.2) is 29.6 Å². The molecule has 1 unspecified atom stereocenters. The lowest BCUT2D eigenvalue weighted by molar-refractivity contribution is -0.126. The van der Waals surface area contributed by atoms with Gasteiger partial charge in [-0.1, -0.05) is 11.6 Å². The molecule has 1 atom stereocenters. The number of aromatic nitrogens is 1. The summed E-state index contributed by atoms with van der Waals surface area (Å²) < 4.78 is 5.30. The van der Waals surface area contributed by atoms with Crippen molar-refractivity contribution in [3.8, 4) is 5.75 Å². The Labute approximate surface area is 110 Å². The second kappa shape index (κ2) is 6.80. The van der Waals surface area contributed by atoms with Gasteiger partial charge in [0.25, 0.3) is 5.91 Å². The van der Waals surface area contributed by atoms with Crippen LogP contribution < -0.4 is 15.4 Å². The molecule has 0 spiro atoms. The number of hydrogen-bond acceptors (Lipinski definition) is 4. The van der Waals surface area contributed by atoms with Crippen LogP contribution in [0.1, 0.15) is 13.8 Å². The lowest BCUT2D eigenvalue weighted by atomic mass is 10.3. The Bertz CT molecular complexity index is 422. The molecule has 6 nitrogen and oxygen atoms in total. The Hall–Kier alpha value is -1.82. The van der Waals surface area contributed by atoms with E-state index >= 15 is 0 Å². The van der Waals surface area contributed by atoms with Crippen molar-refractivity contribution in [1.29, 1.82) is 0 Å². The first-order valence-electron chi connectivity index (χ1n) is 5.39. The zero-order valence-corrected chi connectivity index (χ0v) is 10.8. The zero-order chi connectivity index (χ0) is 13.5. The van der Waals surface area contributed by atoms with E-state index in [1.807, 2.05) is 0 Å². The molecule has 18 heavy (non-hydrogen) atoms. The van der Waals surface area contributed by atoms with Gasteiger partial charge in [0.2, 0.25) is 0 Å². The number of nitrogens with one attached hydrogen (secondary N) is 2. The number of nitrogens with zero attached hydrogens (tertiary/aromatic N) is 1. The topological polar surface area (TPSA) is 80.3 Å². The largest absolute Gasteiger partial charge is 0.479 e. The highest BCUT2D eigenvalue weighted by Gasteiger charge is 2.17. The smallest absolute Gasteiger partial charge is 0.321 e.